The first-order valence-corrected chi connectivity index (χ1v) is 0.408. The summed E-state index contributed by atoms with van der Waals surface area (Å²) in [6.45, 7) is 0. The molecule has 3 nitrogen and oxygen atoms in total. The molecule has 0 spiro atoms. The minimum atomic E-state index is 0. The van der Waals surface area contributed by atoms with Crippen LogP contribution in [0.1, 0.15) is 0 Å². The van der Waals surface area contributed by atoms with Crippen molar-refractivity contribution in [1.82, 2.24) is 0 Å². The van der Waals surface area contributed by atoms with Gasteiger partial charge < -0.3 is 0 Å². The Morgan fingerprint density at radius 3 is 1.40 bits per heavy atom. The van der Waals surface area contributed by atoms with Gasteiger partial charge in [-0.15, -0.1) is 0 Å². The van der Waals surface area contributed by atoms with Gasteiger partial charge in [0.15, 0.2) is 0 Å². The van der Waals surface area contributed by atoms with Gasteiger partial charge >= 0.3 is 0 Å². The molecular formula is H3F2NO2. The summed E-state index contributed by atoms with van der Waals surface area (Å²) < 4.78 is 0. The lowest BCUT2D eigenvalue weighted by molar-refractivity contribution is -0.398. The van der Waals surface area contributed by atoms with E-state index in [2.05, 4.69) is 0 Å². The van der Waals surface area contributed by atoms with Crippen LogP contribution in [0.5, 0.6) is 0 Å². The molecule has 0 saturated heterocycles. The normalized spacial score (nSPS) is 2.40. The maximum absolute atomic E-state index is 8.12. The molecule has 0 aromatic rings. The Kier molecular flexibility index (Phi) is 1400. The van der Waals surface area contributed by atoms with Gasteiger partial charge in [-0.2, -0.15) is 0 Å². The molecule has 0 amide bonds. The molecule has 0 aliphatic rings. The Bertz CT molecular complexity index is 15.1. The second-order valence-corrected chi connectivity index (χ2v) is 0.0833. The highest BCUT2D eigenvalue weighted by atomic mass is 19.0. The molecule has 5 heavy (non-hydrogen) atoms. The van der Waals surface area contributed by atoms with Gasteiger partial charge in [0.25, 0.3) is 0 Å². The van der Waals surface area contributed by atoms with Gasteiger partial charge in [-0.05, 0) is 0 Å². The van der Waals surface area contributed by atoms with Crippen LogP contribution >= 0.6 is 0 Å². The fraction of sp³-hybridized carbons (Fsp3) is 0. The predicted octanol–water partition coefficient (Wildman–Crippen LogP) is -1.36. The standard InChI is InChI=1S/2FH.HNO2/c;;2-1-3/h2*1H;1H. The molecule has 5 heteroatoms. The summed E-state index contributed by atoms with van der Waals surface area (Å²) in [6.07, 6.45) is 0. The summed E-state index contributed by atoms with van der Waals surface area (Å²) in [5, 5.41) is 8.38. The van der Waals surface area contributed by atoms with E-state index in [-0.39, 0.29) is 14.7 Å². The number of hydrogen-bond acceptors (Lipinski definition) is 2. The van der Waals surface area contributed by atoms with Crippen LogP contribution in [-0.2, 0) is 0 Å². The van der Waals surface area contributed by atoms with E-state index in [1.54, 1.807) is 0 Å². The van der Waals surface area contributed by atoms with Gasteiger partial charge in [0.1, 0.15) is 0 Å². The highest BCUT2D eigenvalue weighted by Crippen LogP contribution is 0.618. The van der Waals surface area contributed by atoms with Crippen molar-refractivity contribution in [2.45, 2.75) is 0 Å². The molecule has 34 valence electrons. The molecule has 0 atom stereocenters. The van der Waals surface area contributed by atoms with Crippen molar-refractivity contribution in [3.63, 3.8) is 0 Å². The molecule has 0 heterocycles. The minimum Gasteiger partial charge on any atom is -0.269 e. The van der Waals surface area contributed by atoms with E-state index in [1.807, 2.05) is 0 Å². The Balaban J connectivity index is -0.0000000200. The van der Waals surface area contributed by atoms with Crippen LogP contribution in [0.15, 0.2) is 0 Å². The van der Waals surface area contributed by atoms with Gasteiger partial charge in [0.05, 0.1) is 0 Å². The minimum absolute atomic E-state index is 0. The van der Waals surface area contributed by atoms with Gasteiger partial charge in [0, 0.05) is 5.34 Å². The van der Waals surface area contributed by atoms with Gasteiger partial charge in [-0.25, -0.2) is 0 Å². The van der Waals surface area contributed by atoms with Crippen molar-refractivity contribution in [2.24, 2.45) is 0 Å². The third-order valence-electron chi connectivity index (χ3n) is 0. The molecule has 0 unspecified atom stereocenters. The molecule has 0 aliphatic heterocycles. The largest absolute Gasteiger partial charge is 0.269 e. The van der Waals surface area contributed by atoms with Crippen molar-refractivity contribution in [2.75, 3.05) is 0 Å². The molecular weight excluding hydrogens is 84.0 g/mol. The summed E-state index contributed by atoms with van der Waals surface area (Å²) in [5.41, 5.74) is 0. The maximum Gasteiger partial charge on any atom is 0.00366 e. The Hall–Kier alpha value is -0.740. The van der Waals surface area contributed by atoms with Crippen molar-refractivity contribution in [3.05, 3.63) is 10.1 Å². The van der Waals surface area contributed by atoms with E-state index in [0.29, 0.717) is 0 Å². The molecule has 0 radical (unpaired) electrons. The third-order valence-corrected chi connectivity index (χ3v) is 0. The quantitative estimate of drug-likeness (QED) is 0.293. The first-order valence-electron chi connectivity index (χ1n) is 0.408. The van der Waals surface area contributed by atoms with E-state index >= 15 is 0 Å². The maximum atomic E-state index is 8.12. The summed E-state index contributed by atoms with van der Waals surface area (Å²) in [6, 6.07) is 0. The number of halogens is 2. The fourth-order valence-electron chi connectivity index (χ4n) is 0. The SMILES string of the molecule is F.F.O=[NH+][O-]. The average Bonchev–Trinajstić information content (AvgIpc) is 0.918. The van der Waals surface area contributed by atoms with Crippen LogP contribution in [0.4, 0.5) is 9.41 Å². The Labute approximate surface area is 26.3 Å². The highest BCUT2D eigenvalue weighted by Gasteiger charge is 1.10. The topological polar surface area (TPSA) is 54.1 Å². The molecule has 0 aromatic carbocycles. The van der Waals surface area contributed by atoms with Crippen LogP contribution in [0.3, 0.4) is 0 Å². The van der Waals surface area contributed by atoms with Crippen LogP contribution in [0.25, 0.3) is 0 Å². The molecule has 0 fully saturated rings. The highest BCUT2D eigenvalue weighted by molar-refractivity contribution is 3.77. The summed E-state index contributed by atoms with van der Waals surface area (Å²) in [7, 11) is 0. The van der Waals surface area contributed by atoms with Crippen molar-refractivity contribution in [1.29, 1.82) is 0 Å². The number of nitrogens with one attached hydrogen (secondary N) is 1. The summed E-state index contributed by atoms with van der Waals surface area (Å²) >= 11 is 0. The first-order chi connectivity index (χ1) is 1.41. The van der Waals surface area contributed by atoms with Gasteiger partial charge in [-0.3, -0.25) is 19.5 Å². The summed E-state index contributed by atoms with van der Waals surface area (Å²) in [5.74, 6) is 0. The lowest BCUT2D eigenvalue weighted by Crippen LogP contribution is -2.53. The number of hydrogen-bond donors (Lipinski definition) is 1. The molecule has 0 saturated carbocycles. The van der Waals surface area contributed by atoms with E-state index in [1.165, 1.54) is 0 Å². The van der Waals surface area contributed by atoms with Crippen molar-refractivity contribution >= 4 is 0 Å². The smallest absolute Gasteiger partial charge is 0.00366 e. The molecule has 0 bridgehead atoms. The van der Waals surface area contributed by atoms with E-state index in [0.717, 1.165) is 0 Å². The molecule has 1 N–H and O–H groups in total. The third kappa shape index (κ3) is 9.45. The molecule has 0 rings (SSSR count). The van der Waals surface area contributed by atoms with Crippen LogP contribution in [-0.4, -0.2) is 0 Å². The fourth-order valence-corrected chi connectivity index (χ4v) is 0. The van der Waals surface area contributed by atoms with Gasteiger partial charge in [0.2, 0.25) is 0 Å². The summed E-state index contributed by atoms with van der Waals surface area (Å²) in [4.78, 5) is 8.12. The lowest BCUT2D eigenvalue weighted by atomic mass is 13.4. The van der Waals surface area contributed by atoms with Crippen molar-refractivity contribution < 1.29 is 14.7 Å². The van der Waals surface area contributed by atoms with E-state index in [9.17, 15) is 0 Å². The predicted molar refractivity (Wildman–Crippen MR) is 12.7 cm³/mol. The Morgan fingerprint density at radius 2 is 1.40 bits per heavy atom. The number of rotatable bonds is 0. The second kappa shape index (κ2) is 246. The second-order valence-electron chi connectivity index (χ2n) is 0.0833. The van der Waals surface area contributed by atoms with E-state index in [4.69, 9.17) is 10.1 Å². The van der Waals surface area contributed by atoms with E-state index < -0.39 is 0 Å². The molecule has 0 aromatic heterocycles. The lowest BCUT2D eigenvalue weighted by Gasteiger charge is -1.36. The van der Waals surface area contributed by atoms with Crippen molar-refractivity contribution in [3.8, 4) is 0 Å². The average molecular weight is 87.0 g/mol. The van der Waals surface area contributed by atoms with Crippen LogP contribution < -0.4 is 5.34 Å². The zero-order chi connectivity index (χ0) is 2.71. The van der Waals surface area contributed by atoms with Crippen LogP contribution in [0, 0.1) is 10.1 Å². The Morgan fingerprint density at radius 1 is 1.40 bits per heavy atom. The zero-order valence-electron chi connectivity index (χ0n) is 2.13. The zero-order valence-corrected chi connectivity index (χ0v) is 2.13. The monoisotopic (exact) mass is 87.0 g/mol. The molecule has 0 aliphatic carbocycles. The first kappa shape index (κ1) is 28.5. The van der Waals surface area contributed by atoms with Gasteiger partial charge in [-0.1, -0.05) is 0 Å². The van der Waals surface area contributed by atoms with Crippen LogP contribution in [0.2, 0.25) is 0 Å².